The van der Waals surface area contributed by atoms with Crippen LogP contribution in [0.25, 0.3) is 5.82 Å². The molecule has 2 aromatic heterocycles. The standard InChI is InChI=1S/C22H28N6O2/c1-15-19(16-7-8-16)13-25-28(15)21(26-22(30)17-5-4-9-24-12-17)11-20(23)27-10-3-2-6-18(27)14-29/h4-5,9,11-13,16,18,23,29H,2-3,6-8,10,14H2,1H3,(H,26,30)/b21-11-,23-20?. The smallest absolute Gasteiger partial charge is 0.258 e. The largest absolute Gasteiger partial charge is 0.394 e. The first-order valence-electron chi connectivity index (χ1n) is 10.5. The first-order valence-corrected chi connectivity index (χ1v) is 10.5. The lowest BCUT2D eigenvalue weighted by Gasteiger charge is -2.35. The van der Waals surface area contributed by atoms with Crippen LogP contribution in [0.2, 0.25) is 0 Å². The quantitative estimate of drug-likeness (QED) is 0.503. The second-order valence-electron chi connectivity index (χ2n) is 8.01. The number of hydrogen-bond acceptors (Lipinski definition) is 5. The lowest BCUT2D eigenvalue weighted by Crippen LogP contribution is -2.45. The molecule has 1 atom stereocenters. The van der Waals surface area contributed by atoms with Gasteiger partial charge in [0.25, 0.3) is 5.91 Å². The molecular weight excluding hydrogens is 380 g/mol. The zero-order valence-electron chi connectivity index (χ0n) is 17.2. The maximum atomic E-state index is 12.8. The van der Waals surface area contributed by atoms with Crippen molar-refractivity contribution in [2.45, 2.75) is 51.0 Å². The van der Waals surface area contributed by atoms with Crippen molar-refractivity contribution in [2.75, 3.05) is 13.2 Å². The highest BCUT2D eigenvalue weighted by atomic mass is 16.3. The van der Waals surface area contributed by atoms with Crippen LogP contribution in [0.15, 0.2) is 36.8 Å². The Morgan fingerprint density at radius 1 is 1.33 bits per heavy atom. The zero-order chi connectivity index (χ0) is 21.1. The molecule has 3 N–H and O–H groups in total. The maximum Gasteiger partial charge on any atom is 0.258 e. The van der Waals surface area contributed by atoms with E-state index in [9.17, 15) is 9.90 Å². The summed E-state index contributed by atoms with van der Waals surface area (Å²) in [5.74, 6) is 0.926. The molecule has 8 heteroatoms. The number of hydrogen-bond donors (Lipinski definition) is 3. The van der Waals surface area contributed by atoms with Gasteiger partial charge in [-0.25, -0.2) is 4.68 Å². The summed E-state index contributed by atoms with van der Waals surface area (Å²) in [6.07, 6.45) is 11.8. The van der Waals surface area contributed by atoms with E-state index in [1.54, 1.807) is 29.1 Å². The van der Waals surface area contributed by atoms with Crippen LogP contribution in [0, 0.1) is 12.3 Å². The number of aromatic nitrogens is 3. The Hall–Kier alpha value is -3.00. The molecular formula is C22H28N6O2. The van der Waals surface area contributed by atoms with Crippen molar-refractivity contribution in [2.24, 2.45) is 0 Å². The third-order valence-electron chi connectivity index (χ3n) is 5.88. The fourth-order valence-electron chi connectivity index (χ4n) is 4.02. The van der Waals surface area contributed by atoms with Gasteiger partial charge in [-0.2, -0.15) is 5.10 Å². The Kier molecular flexibility index (Phi) is 5.94. The summed E-state index contributed by atoms with van der Waals surface area (Å²) >= 11 is 0. The van der Waals surface area contributed by atoms with Gasteiger partial charge in [-0.05, 0) is 62.6 Å². The number of carbonyl (C=O) groups is 1. The monoisotopic (exact) mass is 408 g/mol. The summed E-state index contributed by atoms with van der Waals surface area (Å²) in [7, 11) is 0. The molecule has 2 aliphatic rings. The van der Waals surface area contributed by atoms with Crippen molar-refractivity contribution >= 4 is 17.6 Å². The molecule has 4 rings (SSSR count). The fraction of sp³-hybridized carbons (Fsp3) is 0.455. The van der Waals surface area contributed by atoms with E-state index in [1.165, 1.54) is 11.8 Å². The van der Waals surface area contributed by atoms with Gasteiger partial charge >= 0.3 is 0 Å². The van der Waals surface area contributed by atoms with E-state index in [-0.39, 0.29) is 24.4 Å². The van der Waals surface area contributed by atoms with Crippen LogP contribution in [0.1, 0.15) is 59.6 Å². The van der Waals surface area contributed by atoms with E-state index in [1.807, 2.05) is 18.0 Å². The molecule has 0 bridgehead atoms. The van der Waals surface area contributed by atoms with E-state index in [4.69, 9.17) is 5.41 Å². The molecule has 1 saturated heterocycles. The number of rotatable bonds is 6. The molecule has 0 spiro atoms. The number of aliphatic hydroxyl groups excluding tert-OH is 1. The number of nitrogens with zero attached hydrogens (tertiary/aromatic N) is 4. The lowest BCUT2D eigenvalue weighted by atomic mass is 10.0. The van der Waals surface area contributed by atoms with Gasteiger partial charge in [-0.1, -0.05) is 0 Å². The topological polar surface area (TPSA) is 107 Å². The van der Waals surface area contributed by atoms with Crippen molar-refractivity contribution in [3.8, 4) is 0 Å². The molecule has 2 aromatic rings. The van der Waals surface area contributed by atoms with Crippen molar-refractivity contribution in [3.05, 3.63) is 53.6 Å². The highest BCUT2D eigenvalue weighted by molar-refractivity contribution is 6.01. The Bertz CT molecular complexity index is 948. The van der Waals surface area contributed by atoms with Crippen LogP contribution < -0.4 is 5.32 Å². The molecule has 1 unspecified atom stereocenters. The van der Waals surface area contributed by atoms with Crippen LogP contribution in [0.3, 0.4) is 0 Å². The van der Waals surface area contributed by atoms with Gasteiger partial charge in [0.05, 0.1) is 24.4 Å². The fourth-order valence-corrected chi connectivity index (χ4v) is 4.02. The summed E-state index contributed by atoms with van der Waals surface area (Å²) in [6.45, 7) is 2.72. The third-order valence-corrected chi connectivity index (χ3v) is 5.88. The first kappa shape index (κ1) is 20.3. The number of carbonyl (C=O) groups excluding carboxylic acids is 1. The Balaban J connectivity index is 1.65. The molecule has 8 nitrogen and oxygen atoms in total. The lowest BCUT2D eigenvalue weighted by molar-refractivity contribution is 0.0971. The molecule has 0 radical (unpaired) electrons. The van der Waals surface area contributed by atoms with Crippen molar-refractivity contribution in [1.82, 2.24) is 25.0 Å². The van der Waals surface area contributed by atoms with Gasteiger partial charge in [0, 0.05) is 30.7 Å². The van der Waals surface area contributed by atoms with Gasteiger partial charge in [0.1, 0.15) is 11.7 Å². The number of amidine groups is 1. The maximum absolute atomic E-state index is 12.8. The van der Waals surface area contributed by atoms with Crippen molar-refractivity contribution in [3.63, 3.8) is 0 Å². The van der Waals surface area contributed by atoms with Crippen LogP contribution in [-0.4, -0.2) is 55.7 Å². The number of piperidine rings is 1. The summed E-state index contributed by atoms with van der Waals surface area (Å²) < 4.78 is 1.70. The van der Waals surface area contributed by atoms with Crippen LogP contribution in [0.5, 0.6) is 0 Å². The molecule has 1 aliphatic heterocycles. The Morgan fingerprint density at radius 2 is 2.17 bits per heavy atom. The highest BCUT2D eigenvalue weighted by Crippen LogP contribution is 2.41. The van der Waals surface area contributed by atoms with Gasteiger partial charge in [0.15, 0.2) is 0 Å². The number of nitrogens with one attached hydrogen (secondary N) is 2. The van der Waals surface area contributed by atoms with E-state index in [0.717, 1.165) is 44.3 Å². The van der Waals surface area contributed by atoms with E-state index >= 15 is 0 Å². The molecule has 1 amide bonds. The minimum atomic E-state index is -0.303. The number of likely N-dealkylation sites (tertiary alicyclic amines) is 1. The minimum absolute atomic E-state index is 0.0141. The van der Waals surface area contributed by atoms with Gasteiger partial charge in [-0.3, -0.25) is 15.2 Å². The third kappa shape index (κ3) is 4.28. The normalized spacial score (nSPS) is 19.6. The van der Waals surface area contributed by atoms with Crippen molar-refractivity contribution < 1.29 is 9.90 Å². The summed E-state index contributed by atoms with van der Waals surface area (Å²) in [6, 6.07) is 3.34. The molecule has 0 aromatic carbocycles. The molecule has 158 valence electrons. The minimum Gasteiger partial charge on any atom is -0.394 e. The Labute approximate surface area is 176 Å². The van der Waals surface area contributed by atoms with E-state index in [2.05, 4.69) is 15.4 Å². The zero-order valence-corrected chi connectivity index (χ0v) is 17.2. The molecule has 2 fully saturated rings. The van der Waals surface area contributed by atoms with Crippen molar-refractivity contribution in [1.29, 1.82) is 5.41 Å². The average Bonchev–Trinajstić information content (AvgIpc) is 3.55. The number of amides is 1. The number of pyridine rings is 1. The SMILES string of the molecule is Cc1c(C2CC2)cnn1/C(=C\C(=N)N1CCCCC1CO)NC(=O)c1cccnc1. The van der Waals surface area contributed by atoms with Crippen LogP contribution >= 0.6 is 0 Å². The number of aliphatic hydroxyl groups is 1. The summed E-state index contributed by atoms with van der Waals surface area (Å²) in [5, 5.41) is 25.8. The summed E-state index contributed by atoms with van der Waals surface area (Å²) in [4.78, 5) is 18.7. The summed E-state index contributed by atoms with van der Waals surface area (Å²) in [5.41, 5.74) is 2.60. The molecule has 30 heavy (non-hydrogen) atoms. The second kappa shape index (κ2) is 8.79. The molecule has 1 aliphatic carbocycles. The first-order chi connectivity index (χ1) is 14.6. The predicted molar refractivity (Wildman–Crippen MR) is 114 cm³/mol. The van der Waals surface area contributed by atoms with E-state index < -0.39 is 0 Å². The van der Waals surface area contributed by atoms with E-state index in [0.29, 0.717) is 17.3 Å². The van der Waals surface area contributed by atoms with Gasteiger partial charge in [0.2, 0.25) is 0 Å². The van der Waals surface area contributed by atoms with Crippen LogP contribution in [-0.2, 0) is 0 Å². The second-order valence-corrected chi connectivity index (χ2v) is 8.01. The molecule has 3 heterocycles. The van der Waals surface area contributed by atoms with Gasteiger partial charge < -0.3 is 15.3 Å². The van der Waals surface area contributed by atoms with Crippen LogP contribution in [0.4, 0.5) is 0 Å². The Morgan fingerprint density at radius 3 is 2.87 bits per heavy atom. The van der Waals surface area contributed by atoms with Gasteiger partial charge in [-0.15, -0.1) is 0 Å². The highest BCUT2D eigenvalue weighted by Gasteiger charge is 2.29. The molecule has 1 saturated carbocycles. The average molecular weight is 409 g/mol. The predicted octanol–water partition coefficient (Wildman–Crippen LogP) is 2.52.